The molecule has 14 nitrogen and oxygen atoms in total. The summed E-state index contributed by atoms with van der Waals surface area (Å²) >= 11 is 6.19. The molecule has 238 valence electrons. The molecule has 45 heavy (non-hydrogen) atoms. The third-order valence-electron chi connectivity index (χ3n) is 6.90. The van der Waals surface area contributed by atoms with Gasteiger partial charge < -0.3 is 29.5 Å². The number of amides is 3. The van der Waals surface area contributed by atoms with Gasteiger partial charge in [0.2, 0.25) is 5.91 Å². The van der Waals surface area contributed by atoms with Crippen molar-refractivity contribution in [1.29, 1.82) is 0 Å². The first-order chi connectivity index (χ1) is 21.6. The Hall–Kier alpha value is -4.83. The number of halogens is 3. The van der Waals surface area contributed by atoms with E-state index in [2.05, 4.69) is 20.5 Å². The van der Waals surface area contributed by atoms with Gasteiger partial charge in [0.15, 0.2) is 5.65 Å². The van der Waals surface area contributed by atoms with Crippen molar-refractivity contribution in [2.45, 2.75) is 13.2 Å². The Bertz CT molecular complexity index is 1690. The summed E-state index contributed by atoms with van der Waals surface area (Å²) in [6, 6.07) is 5.67. The average Bonchev–Trinajstić information content (AvgIpc) is 3.61. The van der Waals surface area contributed by atoms with Crippen molar-refractivity contribution in [1.82, 2.24) is 39.1 Å². The van der Waals surface area contributed by atoms with Crippen LogP contribution in [0.1, 0.15) is 10.4 Å². The van der Waals surface area contributed by atoms with Gasteiger partial charge in [-0.05, 0) is 38.4 Å². The number of anilines is 1. The zero-order valence-electron chi connectivity index (χ0n) is 24.4. The molecule has 4 heterocycles. The quantitative estimate of drug-likeness (QED) is 0.276. The van der Waals surface area contributed by atoms with Crippen molar-refractivity contribution in [2.75, 3.05) is 58.7 Å². The number of rotatable bonds is 10. The minimum absolute atomic E-state index is 0.0454. The number of hydrogen-bond donors (Lipinski definition) is 1. The fraction of sp³-hybridized carbons (Fsp3) is 0.357. The molecule has 4 aromatic rings. The molecular formula is C28H30ClF2N9O5. The van der Waals surface area contributed by atoms with E-state index in [1.54, 1.807) is 17.2 Å². The van der Waals surface area contributed by atoms with Gasteiger partial charge in [-0.1, -0.05) is 11.6 Å². The monoisotopic (exact) mass is 645 g/mol. The van der Waals surface area contributed by atoms with Crippen molar-refractivity contribution >= 4 is 40.8 Å². The highest BCUT2D eigenvalue weighted by molar-refractivity contribution is 6.31. The van der Waals surface area contributed by atoms with E-state index in [1.807, 2.05) is 19.0 Å². The summed E-state index contributed by atoms with van der Waals surface area (Å²) in [5.41, 5.74) is 0.672. The van der Waals surface area contributed by atoms with Crippen LogP contribution < -0.4 is 10.1 Å². The summed E-state index contributed by atoms with van der Waals surface area (Å²) in [6.07, 6.45) is 5.45. The number of benzene rings is 1. The number of hydrogen-bond acceptors (Lipinski definition) is 9. The molecule has 17 heteroatoms. The van der Waals surface area contributed by atoms with E-state index in [9.17, 15) is 23.2 Å². The molecule has 3 aromatic heterocycles. The van der Waals surface area contributed by atoms with Crippen LogP contribution in [0.25, 0.3) is 16.9 Å². The number of alkyl halides is 2. The lowest BCUT2D eigenvalue weighted by Gasteiger charge is -2.34. The molecular weight excluding hydrogens is 616 g/mol. The Morgan fingerprint density at radius 1 is 1.13 bits per heavy atom. The lowest BCUT2D eigenvalue weighted by Crippen LogP contribution is -2.51. The molecule has 0 atom stereocenters. The van der Waals surface area contributed by atoms with Gasteiger partial charge in [-0.25, -0.2) is 14.3 Å². The maximum atomic E-state index is 13.3. The Morgan fingerprint density at radius 3 is 2.62 bits per heavy atom. The number of piperazine rings is 1. The molecule has 0 aliphatic carbocycles. The van der Waals surface area contributed by atoms with Gasteiger partial charge in [0.1, 0.15) is 30.2 Å². The maximum Gasteiger partial charge on any atom is 0.409 e. The van der Waals surface area contributed by atoms with Crippen LogP contribution in [0.15, 0.2) is 49.1 Å². The second-order valence-corrected chi connectivity index (χ2v) is 10.7. The predicted molar refractivity (Wildman–Crippen MR) is 158 cm³/mol. The zero-order chi connectivity index (χ0) is 32.1. The minimum Gasteiger partial charge on any atom is -0.448 e. The van der Waals surface area contributed by atoms with E-state index in [1.165, 1.54) is 50.9 Å². The molecule has 5 rings (SSSR count). The summed E-state index contributed by atoms with van der Waals surface area (Å²) in [5.74, 6) is -1.12. The number of ether oxygens (including phenoxy) is 2. The number of fused-ring (bicyclic) bond motifs is 1. The summed E-state index contributed by atoms with van der Waals surface area (Å²) in [5, 5.41) is 11.5. The average molecular weight is 646 g/mol. The topological polar surface area (TPSA) is 139 Å². The standard InChI is InChI=1S/C28H30ClF2N9O5/c1-36(2)12-13-44-28(43)38-10-8-37(9-11-38)23(41)17-39-16-21(34-26(42)20-15-33-40-7-3-6-32-25(20)40)24(35-39)19-14-18(29)4-5-22(19)45-27(30)31/h3-7,14-16,27H,8-13,17H2,1-2H3,(H,34,42). The highest BCUT2D eigenvalue weighted by atomic mass is 35.5. The van der Waals surface area contributed by atoms with E-state index in [0.717, 1.165) is 0 Å². The molecule has 0 saturated carbocycles. The first-order valence-corrected chi connectivity index (χ1v) is 14.2. The van der Waals surface area contributed by atoms with Gasteiger partial charge in [0.25, 0.3) is 5.91 Å². The van der Waals surface area contributed by atoms with Crippen molar-refractivity contribution in [3.8, 4) is 17.0 Å². The molecule has 0 radical (unpaired) electrons. The van der Waals surface area contributed by atoms with Gasteiger partial charge in [-0.2, -0.15) is 19.0 Å². The largest absolute Gasteiger partial charge is 0.448 e. The first kappa shape index (κ1) is 31.6. The van der Waals surface area contributed by atoms with Crippen molar-refractivity contribution in [3.63, 3.8) is 0 Å². The Morgan fingerprint density at radius 2 is 1.89 bits per heavy atom. The maximum absolute atomic E-state index is 13.3. The van der Waals surface area contributed by atoms with Gasteiger partial charge in [0, 0.05) is 61.9 Å². The summed E-state index contributed by atoms with van der Waals surface area (Å²) in [7, 11) is 3.75. The molecule has 1 aliphatic heterocycles. The second-order valence-electron chi connectivity index (χ2n) is 10.3. The van der Waals surface area contributed by atoms with Crippen molar-refractivity contribution in [3.05, 3.63) is 59.6 Å². The number of carbonyl (C=O) groups excluding carboxylic acids is 3. The van der Waals surface area contributed by atoms with Crippen LogP contribution in [0, 0.1) is 0 Å². The molecule has 1 N–H and O–H groups in total. The smallest absolute Gasteiger partial charge is 0.409 e. The van der Waals surface area contributed by atoms with Crippen LogP contribution in [0.3, 0.4) is 0 Å². The summed E-state index contributed by atoms with van der Waals surface area (Å²) in [4.78, 5) is 48.1. The lowest BCUT2D eigenvalue weighted by atomic mass is 10.1. The van der Waals surface area contributed by atoms with E-state index in [-0.39, 0.29) is 65.4 Å². The Labute approximate surface area is 261 Å². The van der Waals surface area contributed by atoms with E-state index >= 15 is 0 Å². The molecule has 1 aromatic carbocycles. The highest BCUT2D eigenvalue weighted by Crippen LogP contribution is 2.37. The van der Waals surface area contributed by atoms with Gasteiger partial charge in [-0.3, -0.25) is 14.3 Å². The fourth-order valence-electron chi connectivity index (χ4n) is 4.64. The van der Waals surface area contributed by atoms with Crippen LogP contribution in [-0.2, 0) is 16.1 Å². The highest BCUT2D eigenvalue weighted by Gasteiger charge is 2.27. The number of aromatic nitrogens is 5. The molecule has 0 unspecified atom stereocenters. The predicted octanol–water partition coefficient (Wildman–Crippen LogP) is 2.94. The van der Waals surface area contributed by atoms with Crippen LogP contribution in [-0.4, -0.2) is 117 Å². The third kappa shape index (κ3) is 7.64. The number of nitrogens with zero attached hydrogens (tertiary/aromatic N) is 8. The molecule has 3 amide bonds. The number of nitrogens with one attached hydrogen (secondary N) is 1. The van der Waals surface area contributed by atoms with Gasteiger partial charge >= 0.3 is 12.7 Å². The molecule has 0 bridgehead atoms. The third-order valence-corrected chi connectivity index (χ3v) is 7.13. The summed E-state index contributed by atoms with van der Waals surface area (Å²) < 4.78 is 39.2. The van der Waals surface area contributed by atoms with Crippen molar-refractivity contribution < 1.29 is 32.6 Å². The molecule has 1 aliphatic rings. The Balaban J connectivity index is 1.35. The van der Waals surface area contributed by atoms with E-state index in [0.29, 0.717) is 25.3 Å². The van der Waals surface area contributed by atoms with Crippen LogP contribution in [0.2, 0.25) is 5.02 Å². The molecule has 1 saturated heterocycles. The Kier molecular flexibility index (Phi) is 9.73. The summed E-state index contributed by atoms with van der Waals surface area (Å²) in [6.45, 7) is -1.37. The van der Waals surface area contributed by atoms with Crippen LogP contribution in [0.4, 0.5) is 19.3 Å². The van der Waals surface area contributed by atoms with Crippen LogP contribution in [0.5, 0.6) is 5.75 Å². The van der Waals surface area contributed by atoms with Gasteiger partial charge in [0.05, 0.1) is 11.9 Å². The lowest BCUT2D eigenvalue weighted by molar-refractivity contribution is -0.133. The first-order valence-electron chi connectivity index (χ1n) is 13.8. The number of likely N-dealkylation sites (N-methyl/N-ethyl adjacent to an activating group) is 1. The zero-order valence-corrected chi connectivity index (χ0v) is 25.2. The second kappa shape index (κ2) is 13.9. The normalized spacial score (nSPS) is 13.5. The molecule has 0 spiro atoms. The number of carbonyl (C=O) groups is 3. The van der Waals surface area contributed by atoms with Crippen molar-refractivity contribution in [2.24, 2.45) is 0 Å². The molecule has 1 fully saturated rings. The van der Waals surface area contributed by atoms with Crippen LogP contribution >= 0.6 is 11.6 Å². The SMILES string of the molecule is CN(C)CCOC(=O)N1CCN(C(=O)Cn2cc(NC(=O)c3cnn4cccnc34)c(-c3cc(Cl)ccc3OC(F)F)n2)CC1. The minimum atomic E-state index is -3.14. The fourth-order valence-corrected chi connectivity index (χ4v) is 4.81. The van der Waals surface area contributed by atoms with Gasteiger partial charge in [-0.15, -0.1) is 0 Å². The van der Waals surface area contributed by atoms with E-state index in [4.69, 9.17) is 21.1 Å². The van der Waals surface area contributed by atoms with E-state index < -0.39 is 18.6 Å².